The van der Waals surface area contributed by atoms with Gasteiger partial charge in [0.15, 0.2) is 0 Å². The molecule has 0 saturated heterocycles. The molecule has 1 atom stereocenters. The number of hydrogen-bond donors (Lipinski definition) is 1. The van der Waals surface area contributed by atoms with Crippen molar-refractivity contribution < 1.29 is 9.90 Å². The predicted octanol–water partition coefficient (Wildman–Crippen LogP) is 2.50. The minimum Gasteiger partial charge on any atom is -0.481 e. The smallest absolute Gasteiger partial charge is 0.310 e. The number of rotatable bonds is 5. The first-order valence-electron chi connectivity index (χ1n) is 5.21. The van der Waals surface area contributed by atoms with Gasteiger partial charge in [-0.15, -0.1) is 6.58 Å². The number of carbonyl (C=O) groups is 1. The van der Waals surface area contributed by atoms with Gasteiger partial charge in [0.05, 0.1) is 5.92 Å². The van der Waals surface area contributed by atoms with E-state index in [0.29, 0.717) is 0 Å². The van der Waals surface area contributed by atoms with Crippen LogP contribution in [0.2, 0.25) is 0 Å². The highest BCUT2D eigenvalue weighted by atomic mass is 16.4. The molecule has 1 aromatic carbocycles. The Hall–Kier alpha value is -1.77. The molecule has 0 aliphatic heterocycles. The van der Waals surface area contributed by atoms with Gasteiger partial charge >= 0.3 is 5.97 Å². The van der Waals surface area contributed by atoms with Crippen LogP contribution < -0.4 is 4.90 Å². The van der Waals surface area contributed by atoms with Crippen molar-refractivity contribution >= 4 is 11.7 Å². The van der Waals surface area contributed by atoms with Gasteiger partial charge in [-0.2, -0.15) is 0 Å². The average molecular weight is 219 g/mol. The first kappa shape index (κ1) is 12.3. The molecular formula is C13H17NO2. The number of carboxylic acids is 1. The summed E-state index contributed by atoms with van der Waals surface area (Å²) in [6.45, 7) is 6.13. The first-order valence-corrected chi connectivity index (χ1v) is 5.21. The molecule has 0 bridgehead atoms. The Balaban J connectivity index is 2.82. The number of benzene rings is 1. The maximum absolute atomic E-state index is 10.8. The fourth-order valence-corrected chi connectivity index (χ4v) is 1.46. The Morgan fingerprint density at radius 1 is 1.50 bits per heavy atom. The van der Waals surface area contributed by atoms with E-state index in [1.165, 1.54) is 0 Å². The fraction of sp³-hybridized carbons (Fsp3) is 0.308. The van der Waals surface area contributed by atoms with Gasteiger partial charge < -0.3 is 10.0 Å². The monoisotopic (exact) mass is 219 g/mol. The quantitative estimate of drug-likeness (QED) is 0.773. The third-order valence-electron chi connectivity index (χ3n) is 2.61. The minimum absolute atomic E-state index is 0.459. The van der Waals surface area contributed by atoms with Crippen LogP contribution in [0.15, 0.2) is 36.9 Å². The Morgan fingerprint density at radius 3 is 2.50 bits per heavy atom. The molecule has 1 N–H and O–H groups in total. The molecule has 3 heteroatoms. The standard InChI is InChI=1S/C13H17NO2/c1-4-9-14(3)12-7-5-11(6-8-12)10(2)13(15)16/h4-8,10H,1,9H2,2-3H3,(H,15,16). The molecule has 86 valence electrons. The molecule has 0 aromatic heterocycles. The van der Waals surface area contributed by atoms with Gasteiger partial charge in [-0.3, -0.25) is 4.79 Å². The third kappa shape index (κ3) is 2.86. The maximum Gasteiger partial charge on any atom is 0.310 e. The molecule has 0 radical (unpaired) electrons. The molecule has 0 heterocycles. The summed E-state index contributed by atoms with van der Waals surface area (Å²) in [6, 6.07) is 7.57. The van der Waals surface area contributed by atoms with E-state index in [4.69, 9.17) is 5.11 Å². The zero-order valence-electron chi connectivity index (χ0n) is 9.68. The van der Waals surface area contributed by atoms with E-state index in [-0.39, 0.29) is 0 Å². The first-order chi connectivity index (χ1) is 7.56. The molecule has 0 aliphatic carbocycles. The van der Waals surface area contributed by atoms with Gasteiger partial charge in [0.25, 0.3) is 0 Å². The van der Waals surface area contributed by atoms with Gasteiger partial charge in [-0.1, -0.05) is 18.2 Å². The highest BCUT2D eigenvalue weighted by molar-refractivity contribution is 5.75. The van der Waals surface area contributed by atoms with Crippen LogP contribution in [0.3, 0.4) is 0 Å². The van der Waals surface area contributed by atoms with Crippen LogP contribution in [0, 0.1) is 0 Å². The zero-order chi connectivity index (χ0) is 12.1. The summed E-state index contributed by atoms with van der Waals surface area (Å²) in [5.74, 6) is -1.26. The van der Waals surface area contributed by atoms with Crippen LogP contribution in [0.25, 0.3) is 0 Å². The summed E-state index contributed by atoms with van der Waals surface area (Å²) in [5.41, 5.74) is 1.88. The molecule has 0 aliphatic rings. The molecule has 0 saturated carbocycles. The average Bonchev–Trinajstić information content (AvgIpc) is 2.28. The molecule has 0 fully saturated rings. The number of nitrogens with zero attached hydrogens (tertiary/aromatic N) is 1. The Morgan fingerprint density at radius 2 is 2.06 bits per heavy atom. The lowest BCUT2D eigenvalue weighted by Crippen LogP contribution is -2.16. The molecule has 1 rings (SSSR count). The number of carboxylic acid groups (broad SMARTS) is 1. The van der Waals surface area contributed by atoms with Crippen molar-refractivity contribution in [3.8, 4) is 0 Å². The zero-order valence-corrected chi connectivity index (χ0v) is 9.68. The SMILES string of the molecule is C=CCN(C)c1ccc(C(C)C(=O)O)cc1. The predicted molar refractivity (Wildman–Crippen MR) is 66.0 cm³/mol. The van der Waals surface area contributed by atoms with Gasteiger partial charge in [0, 0.05) is 19.3 Å². The van der Waals surface area contributed by atoms with E-state index in [9.17, 15) is 4.79 Å². The van der Waals surface area contributed by atoms with E-state index in [2.05, 4.69) is 6.58 Å². The van der Waals surface area contributed by atoms with E-state index in [0.717, 1.165) is 17.8 Å². The number of aliphatic carboxylic acids is 1. The molecule has 3 nitrogen and oxygen atoms in total. The maximum atomic E-state index is 10.8. The van der Waals surface area contributed by atoms with E-state index in [1.54, 1.807) is 6.92 Å². The molecule has 0 spiro atoms. The van der Waals surface area contributed by atoms with Gasteiger partial charge in [-0.25, -0.2) is 0 Å². The topological polar surface area (TPSA) is 40.5 Å². The molecule has 1 aromatic rings. The lowest BCUT2D eigenvalue weighted by Gasteiger charge is -2.17. The number of hydrogen-bond acceptors (Lipinski definition) is 2. The highest BCUT2D eigenvalue weighted by Crippen LogP contribution is 2.19. The Labute approximate surface area is 96.0 Å². The highest BCUT2D eigenvalue weighted by Gasteiger charge is 2.13. The van der Waals surface area contributed by atoms with Crippen molar-refractivity contribution in [3.05, 3.63) is 42.5 Å². The van der Waals surface area contributed by atoms with Crippen LogP contribution in [0.5, 0.6) is 0 Å². The van der Waals surface area contributed by atoms with Crippen molar-refractivity contribution in [2.75, 3.05) is 18.5 Å². The van der Waals surface area contributed by atoms with Crippen LogP contribution in [0.4, 0.5) is 5.69 Å². The lowest BCUT2D eigenvalue weighted by molar-refractivity contribution is -0.138. The summed E-state index contributed by atoms with van der Waals surface area (Å²) in [5, 5.41) is 8.87. The number of likely N-dealkylation sites (N-methyl/N-ethyl adjacent to an activating group) is 1. The molecular weight excluding hydrogens is 202 g/mol. The van der Waals surface area contributed by atoms with Gasteiger partial charge in [0.2, 0.25) is 0 Å². The summed E-state index contributed by atoms with van der Waals surface area (Å²) < 4.78 is 0. The number of anilines is 1. The minimum atomic E-state index is -0.799. The summed E-state index contributed by atoms with van der Waals surface area (Å²) in [7, 11) is 1.97. The van der Waals surface area contributed by atoms with Crippen LogP contribution in [-0.2, 0) is 4.79 Å². The van der Waals surface area contributed by atoms with Crippen LogP contribution in [0.1, 0.15) is 18.4 Å². The second-order valence-electron chi connectivity index (χ2n) is 3.82. The fourth-order valence-electron chi connectivity index (χ4n) is 1.46. The summed E-state index contributed by atoms with van der Waals surface area (Å²) in [4.78, 5) is 12.8. The van der Waals surface area contributed by atoms with E-state index in [1.807, 2.05) is 42.3 Å². The van der Waals surface area contributed by atoms with Crippen LogP contribution in [-0.4, -0.2) is 24.7 Å². The van der Waals surface area contributed by atoms with Crippen molar-refractivity contribution in [1.29, 1.82) is 0 Å². The summed E-state index contributed by atoms with van der Waals surface area (Å²) >= 11 is 0. The Bertz CT molecular complexity index is 370. The second-order valence-corrected chi connectivity index (χ2v) is 3.82. The van der Waals surface area contributed by atoms with E-state index >= 15 is 0 Å². The van der Waals surface area contributed by atoms with Gasteiger partial charge in [0.1, 0.15) is 0 Å². The largest absolute Gasteiger partial charge is 0.481 e. The third-order valence-corrected chi connectivity index (χ3v) is 2.61. The normalized spacial score (nSPS) is 11.9. The van der Waals surface area contributed by atoms with Crippen molar-refractivity contribution in [2.24, 2.45) is 0 Å². The van der Waals surface area contributed by atoms with Gasteiger partial charge in [-0.05, 0) is 24.6 Å². The second kappa shape index (κ2) is 5.35. The lowest BCUT2D eigenvalue weighted by atomic mass is 10.0. The van der Waals surface area contributed by atoms with Crippen molar-refractivity contribution in [2.45, 2.75) is 12.8 Å². The molecule has 1 unspecified atom stereocenters. The summed E-state index contributed by atoms with van der Waals surface area (Å²) in [6.07, 6.45) is 1.83. The van der Waals surface area contributed by atoms with Crippen molar-refractivity contribution in [3.63, 3.8) is 0 Å². The van der Waals surface area contributed by atoms with E-state index < -0.39 is 11.9 Å². The molecule has 16 heavy (non-hydrogen) atoms. The molecule has 0 amide bonds. The van der Waals surface area contributed by atoms with Crippen LogP contribution >= 0.6 is 0 Å². The van der Waals surface area contributed by atoms with Crippen molar-refractivity contribution in [1.82, 2.24) is 0 Å². The Kier molecular flexibility index (Phi) is 4.11.